The highest BCUT2D eigenvalue weighted by molar-refractivity contribution is 6.30. The molecule has 0 aliphatic rings. The van der Waals surface area contributed by atoms with E-state index in [-0.39, 0.29) is 5.91 Å². The first-order valence-electron chi connectivity index (χ1n) is 8.95. The number of carbonyl (C=O) groups excluding carboxylic acids is 1. The lowest BCUT2D eigenvalue weighted by Crippen LogP contribution is -2.24. The summed E-state index contributed by atoms with van der Waals surface area (Å²) < 4.78 is 0. The van der Waals surface area contributed by atoms with Gasteiger partial charge in [0.2, 0.25) is 5.95 Å². The average Bonchev–Trinajstić information content (AvgIpc) is 2.68. The lowest BCUT2D eigenvalue weighted by atomic mass is 10.2. The van der Waals surface area contributed by atoms with Gasteiger partial charge in [-0.15, -0.1) is 0 Å². The van der Waals surface area contributed by atoms with E-state index >= 15 is 0 Å². The van der Waals surface area contributed by atoms with Crippen LogP contribution in [0.4, 0.5) is 11.6 Å². The second-order valence-electron chi connectivity index (χ2n) is 6.63. The van der Waals surface area contributed by atoms with Crippen LogP contribution in [0.5, 0.6) is 0 Å². The van der Waals surface area contributed by atoms with Crippen LogP contribution in [0.25, 0.3) is 0 Å². The van der Waals surface area contributed by atoms with E-state index in [4.69, 9.17) is 11.6 Å². The fourth-order valence-corrected chi connectivity index (χ4v) is 2.97. The molecule has 0 fully saturated rings. The van der Waals surface area contributed by atoms with Crippen LogP contribution in [0.2, 0.25) is 5.02 Å². The number of carbonyl (C=O) groups is 1. The molecule has 0 spiro atoms. The monoisotopic (exact) mass is 395 g/mol. The van der Waals surface area contributed by atoms with E-state index in [0.717, 1.165) is 24.2 Å². The zero-order valence-corrected chi connectivity index (χ0v) is 16.9. The zero-order valence-electron chi connectivity index (χ0n) is 16.1. The quantitative estimate of drug-likeness (QED) is 0.681. The molecule has 0 radical (unpaired) electrons. The summed E-state index contributed by atoms with van der Waals surface area (Å²) in [6.07, 6.45) is 4.39. The van der Waals surface area contributed by atoms with Gasteiger partial charge in [0, 0.05) is 42.4 Å². The molecule has 2 aromatic heterocycles. The van der Waals surface area contributed by atoms with Gasteiger partial charge in [-0.1, -0.05) is 11.6 Å². The highest BCUT2D eigenvalue weighted by atomic mass is 35.5. The lowest BCUT2D eigenvalue weighted by molar-refractivity contribution is 0.102. The van der Waals surface area contributed by atoms with Gasteiger partial charge in [-0.25, -0.2) is 9.97 Å². The predicted molar refractivity (Wildman–Crippen MR) is 112 cm³/mol. The van der Waals surface area contributed by atoms with Crippen molar-refractivity contribution >= 4 is 29.1 Å². The SMILES string of the molecule is Cc1cc(C(=O)Nc2ccc(Cl)cc2C)nc(N(C)CCc2ccncc2)n1. The third kappa shape index (κ3) is 5.04. The van der Waals surface area contributed by atoms with Gasteiger partial charge < -0.3 is 10.2 Å². The van der Waals surface area contributed by atoms with Crippen LogP contribution in [0.3, 0.4) is 0 Å². The largest absolute Gasteiger partial charge is 0.344 e. The number of anilines is 2. The van der Waals surface area contributed by atoms with Gasteiger partial charge in [0.1, 0.15) is 5.69 Å². The maximum absolute atomic E-state index is 12.7. The van der Waals surface area contributed by atoms with Crippen molar-refractivity contribution < 1.29 is 4.79 Å². The predicted octanol–water partition coefficient (Wildman–Crippen LogP) is 4.07. The summed E-state index contributed by atoms with van der Waals surface area (Å²) in [4.78, 5) is 27.6. The van der Waals surface area contributed by atoms with Crippen molar-refractivity contribution in [1.29, 1.82) is 0 Å². The van der Waals surface area contributed by atoms with E-state index in [2.05, 4.69) is 20.3 Å². The van der Waals surface area contributed by atoms with Crippen molar-refractivity contribution in [1.82, 2.24) is 15.0 Å². The number of nitrogens with one attached hydrogen (secondary N) is 1. The van der Waals surface area contributed by atoms with Crippen molar-refractivity contribution in [3.05, 3.63) is 76.3 Å². The fourth-order valence-electron chi connectivity index (χ4n) is 2.74. The Balaban J connectivity index is 1.73. The Bertz CT molecular complexity index is 978. The number of benzene rings is 1. The molecule has 3 aromatic rings. The Morgan fingerprint density at radius 2 is 1.86 bits per heavy atom. The molecule has 0 aliphatic carbocycles. The number of aromatic nitrogens is 3. The fraction of sp³-hybridized carbons (Fsp3) is 0.238. The summed E-state index contributed by atoms with van der Waals surface area (Å²) in [5.41, 5.74) is 3.84. The van der Waals surface area contributed by atoms with E-state index in [1.807, 2.05) is 37.9 Å². The number of rotatable bonds is 6. The Kier molecular flexibility index (Phi) is 6.21. The molecule has 0 saturated carbocycles. The average molecular weight is 396 g/mol. The van der Waals surface area contributed by atoms with Crippen LogP contribution >= 0.6 is 11.6 Å². The number of hydrogen-bond donors (Lipinski definition) is 1. The molecular weight excluding hydrogens is 374 g/mol. The van der Waals surface area contributed by atoms with E-state index in [1.54, 1.807) is 36.7 Å². The summed E-state index contributed by atoms with van der Waals surface area (Å²) >= 11 is 5.98. The molecule has 0 atom stereocenters. The van der Waals surface area contributed by atoms with Crippen LogP contribution in [-0.4, -0.2) is 34.5 Å². The molecule has 2 heterocycles. The van der Waals surface area contributed by atoms with Crippen molar-refractivity contribution in [3.63, 3.8) is 0 Å². The number of nitrogens with zero attached hydrogens (tertiary/aromatic N) is 4. The highest BCUT2D eigenvalue weighted by Crippen LogP contribution is 2.20. The van der Waals surface area contributed by atoms with Crippen molar-refractivity contribution in [2.45, 2.75) is 20.3 Å². The second-order valence-corrected chi connectivity index (χ2v) is 7.07. The van der Waals surface area contributed by atoms with E-state index in [1.165, 1.54) is 5.56 Å². The number of halogens is 1. The van der Waals surface area contributed by atoms with E-state index in [9.17, 15) is 4.79 Å². The standard InChI is InChI=1S/C21H22ClN5O/c1-14-12-17(22)4-5-18(14)25-20(28)19-13-15(2)24-21(26-19)27(3)11-8-16-6-9-23-10-7-16/h4-7,9-10,12-13H,8,11H2,1-3H3,(H,25,28). The maximum atomic E-state index is 12.7. The summed E-state index contributed by atoms with van der Waals surface area (Å²) in [5.74, 6) is 0.242. The number of hydrogen-bond acceptors (Lipinski definition) is 5. The molecule has 0 unspecified atom stereocenters. The molecule has 0 aliphatic heterocycles. The van der Waals surface area contributed by atoms with E-state index < -0.39 is 0 Å². The number of likely N-dealkylation sites (N-methyl/N-ethyl adjacent to an activating group) is 1. The summed E-state index contributed by atoms with van der Waals surface area (Å²) in [6.45, 7) is 4.47. The first-order chi connectivity index (χ1) is 13.4. The third-order valence-corrected chi connectivity index (χ3v) is 4.57. The van der Waals surface area contributed by atoms with Crippen LogP contribution < -0.4 is 10.2 Å². The van der Waals surface area contributed by atoms with Crippen LogP contribution in [0.1, 0.15) is 27.3 Å². The summed E-state index contributed by atoms with van der Waals surface area (Å²) in [7, 11) is 1.92. The van der Waals surface area contributed by atoms with Gasteiger partial charge in [-0.05, 0) is 67.8 Å². The Labute approximate surface area is 169 Å². The third-order valence-electron chi connectivity index (χ3n) is 4.34. The molecule has 144 valence electrons. The molecular formula is C21H22ClN5O. The summed E-state index contributed by atoms with van der Waals surface area (Å²) in [5, 5.41) is 3.52. The lowest BCUT2D eigenvalue weighted by Gasteiger charge is -2.18. The van der Waals surface area contributed by atoms with Gasteiger partial charge in [0.05, 0.1) is 0 Å². The summed E-state index contributed by atoms with van der Waals surface area (Å²) in [6, 6.07) is 11.0. The first kappa shape index (κ1) is 19.8. The van der Waals surface area contributed by atoms with Gasteiger partial charge in [-0.3, -0.25) is 9.78 Å². The van der Waals surface area contributed by atoms with Gasteiger partial charge >= 0.3 is 0 Å². The van der Waals surface area contributed by atoms with Crippen molar-refractivity contribution in [3.8, 4) is 0 Å². The smallest absolute Gasteiger partial charge is 0.274 e. The number of pyridine rings is 1. The van der Waals surface area contributed by atoms with Crippen molar-refractivity contribution in [2.75, 3.05) is 23.8 Å². The Morgan fingerprint density at radius 3 is 2.57 bits per heavy atom. The molecule has 1 N–H and O–H groups in total. The minimum atomic E-state index is -0.278. The van der Waals surface area contributed by atoms with Gasteiger partial charge in [0.15, 0.2) is 0 Å². The number of amides is 1. The highest BCUT2D eigenvalue weighted by Gasteiger charge is 2.14. The van der Waals surface area contributed by atoms with Crippen LogP contribution in [0, 0.1) is 13.8 Å². The molecule has 28 heavy (non-hydrogen) atoms. The van der Waals surface area contributed by atoms with Crippen molar-refractivity contribution in [2.24, 2.45) is 0 Å². The number of aryl methyl sites for hydroxylation is 2. The maximum Gasteiger partial charge on any atom is 0.274 e. The molecule has 1 amide bonds. The minimum absolute atomic E-state index is 0.278. The minimum Gasteiger partial charge on any atom is -0.344 e. The second kappa shape index (κ2) is 8.80. The first-order valence-corrected chi connectivity index (χ1v) is 9.33. The molecule has 0 saturated heterocycles. The normalized spacial score (nSPS) is 10.6. The Hall–Kier alpha value is -2.99. The molecule has 3 rings (SSSR count). The zero-order chi connectivity index (χ0) is 20.1. The van der Waals surface area contributed by atoms with Gasteiger partial charge in [0.25, 0.3) is 5.91 Å². The molecule has 6 nitrogen and oxygen atoms in total. The topological polar surface area (TPSA) is 71.0 Å². The van der Waals surface area contributed by atoms with Gasteiger partial charge in [-0.2, -0.15) is 0 Å². The van der Waals surface area contributed by atoms with Crippen LogP contribution in [-0.2, 0) is 6.42 Å². The van der Waals surface area contributed by atoms with Crippen LogP contribution in [0.15, 0.2) is 48.8 Å². The molecule has 7 heteroatoms. The van der Waals surface area contributed by atoms with E-state index in [0.29, 0.717) is 22.4 Å². The molecule has 0 bridgehead atoms. The Morgan fingerprint density at radius 1 is 1.11 bits per heavy atom. The molecule has 1 aromatic carbocycles.